The molecule has 1 aromatic heterocycles. The van der Waals surface area contributed by atoms with Crippen molar-refractivity contribution in [2.45, 2.75) is 12.2 Å². The zero-order chi connectivity index (χ0) is 14.7. The van der Waals surface area contributed by atoms with Crippen LogP contribution in [-0.2, 0) is 4.79 Å². The largest absolute Gasteiger partial charge is 0.355 e. The second-order valence-electron chi connectivity index (χ2n) is 5.42. The van der Waals surface area contributed by atoms with Gasteiger partial charge in [-0.05, 0) is 19.1 Å². The molecule has 1 unspecified atom stereocenters. The number of aromatic amines is 1. The molecule has 1 aromatic carbocycles. The maximum Gasteiger partial charge on any atom is 0.230 e. The molecular formula is C15H20N4OS. The fourth-order valence-electron chi connectivity index (χ4n) is 2.25. The van der Waals surface area contributed by atoms with Crippen LogP contribution in [0, 0.1) is 5.92 Å². The summed E-state index contributed by atoms with van der Waals surface area (Å²) >= 11 is 1.61. The van der Waals surface area contributed by atoms with Gasteiger partial charge in [0.25, 0.3) is 0 Å². The van der Waals surface area contributed by atoms with Crippen molar-refractivity contribution in [3.05, 3.63) is 30.1 Å². The molecule has 0 aliphatic carbocycles. The number of hydrogen-bond acceptors (Lipinski definition) is 4. The SMILES string of the molecule is CC(SCC(=O)NCC1CNC1)c1nc2ccccc2[nH]1. The molecule has 3 rings (SSSR count). The maximum absolute atomic E-state index is 11.8. The van der Waals surface area contributed by atoms with Crippen LogP contribution in [0.2, 0.25) is 0 Å². The first-order chi connectivity index (χ1) is 10.2. The summed E-state index contributed by atoms with van der Waals surface area (Å²) in [7, 11) is 0. The molecule has 1 aliphatic rings. The minimum Gasteiger partial charge on any atom is -0.355 e. The van der Waals surface area contributed by atoms with Gasteiger partial charge in [-0.15, -0.1) is 11.8 Å². The Bertz CT molecular complexity index is 590. The molecule has 21 heavy (non-hydrogen) atoms. The van der Waals surface area contributed by atoms with Crippen LogP contribution in [0.15, 0.2) is 24.3 Å². The van der Waals surface area contributed by atoms with Crippen LogP contribution in [0.5, 0.6) is 0 Å². The summed E-state index contributed by atoms with van der Waals surface area (Å²) in [6.45, 7) is 4.89. The van der Waals surface area contributed by atoms with Gasteiger partial charge in [0.2, 0.25) is 5.91 Å². The van der Waals surface area contributed by atoms with Crippen LogP contribution in [0.1, 0.15) is 18.0 Å². The molecule has 1 aliphatic heterocycles. The first-order valence-electron chi connectivity index (χ1n) is 7.26. The van der Waals surface area contributed by atoms with Crippen LogP contribution in [0.4, 0.5) is 0 Å². The van der Waals surface area contributed by atoms with Crippen molar-refractivity contribution < 1.29 is 4.79 Å². The zero-order valence-corrected chi connectivity index (χ0v) is 12.9. The summed E-state index contributed by atoms with van der Waals surface area (Å²) in [6.07, 6.45) is 0. The van der Waals surface area contributed by atoms with Gasteiger partial charge in [0, 0.05) is 25.6 Å². The molecule has 2 aromatic rings. The van der Waals surface area contributed by atoms with E-state index in [0.717, 1.165) is 36.5 Å². The molecule has 1 fully saturated rings. The van der Waals surface area contributed by atoms with Crippen LogP contribution in [0.3, 0.4) is 0 Å². The Hall–Kier alpha value is -1.53. The standard InChI is InChI=1S/C15H20N4OS/c1-10(15-18-12-4-2-3-5-13(12)19-15)21-9-14(20)17-8-11-6-16-7-11/h2-5,10-11,16H,6-9H2,1H3,(H,17,20)(H,18,19). The van der Waals surface area contributed by atoms with E-state index in [1.807, 2.05) is 24.3 Å². The van der Waals surface area contributed by atoms with Crippen molar-refractivity contribution >= 4 is 28.7 Å². The molecule has 1 amide bonds. The molecule has 1 atom stereocenters. The predicted octanol–water partition coefficient (Wildman–Crippen LogP) is 1.69. The van der Waals surface area contributed by atoms with Gasteiger partial charge in [0.05, 0.1) is 22.0 Å². The third-order valence-electron chi connectivity index (χ3n) is 3.71. The number of H-pyrrole nitrogens is 1. The molecule has 3 N–H and O–H groups in total. The third-order valence-corrected chi connectivity index (χ3v) is 4.86. The highest BCUT2D eigenvalue weighted by Gasteiger charge is 2.18. The minimum atomic E-state index is 0.106. The van der Waals surface area contributed by atoms with Crippen molar-refractivity contribution in [3.8, 4) is 0 Å². The number of amides is 1. The Kier molecular flexibility index (Phi) is 4.45. The lowest BCUT2D eigenvalue weighted by atomic mass is 10.0. The Morgan fingerprint density at radius 2 is 2.29 bits per heavy atom. The van der Waals surface area contributed by atoms with E-state index in [-0.39, 0.29) is 11.2 Å². The second-order valence-corrected chi connectivity index (χ2v) is 6.75. The quantitative estimate of drug-likeness (QED) is 0.759. The van der Waals surface area contributed by atoms with Gasteiger partial charge in [-0.1, -0.05) is 12.1 Å². The topological polar surface area (TPSA) is 69.8 Å². The minimum absolute atomic E-state index is 0.106. The molecule has 0 saturated carbocycles. The lowest BCUT2D eigenvalue weighted by molar-refractivity contribution is -0.118. The fourth-order valence-corrected chi connectivity index (χ4v) is 3.02. The summed E-state index contributed by atoms with van der Waals surface area (Å²) in [6, 6.07) is 7.98. The number of rotatable bonds is 6. The second kappa shape index (κ2) is 6.49. The molecule has 0 spiro atoms. The molecule has 5 nitrogen and oxygen atoms in total. The van der Waals surface area contributed by atoms with Crippen LogP contribution in [-0.4, -0.2) is 41.3 Å². The first-order valence-corrected chi connectivity index (χ1v) is 8.31. The van der Waals surface area contributed by atoms with E-state index in [2.05, 4.69) is 27.5 Å². The van der Waals surface area contributed by atoms with Crippen molar-refractivity contribution in [1.82, 2.24) is 20.6 Å². The van der Waals surface area contributed by atoms with E-state index >= 15 is 0 Å². The molecule has 0 bridgehead atoms. The normalized spacial score (nSPS) is 16.6. The third kappa shape index (κ3) is 3.57. The van der Waals surface area contributed by atoms with Gasteiger partial charge in [0.1, 0.15) is 5.82 Å². The summed E-state index contributed by atoms with van der Waals surface area (Å²) in [5.41, 5.74) is 2.02. The monoisotopic (exact) mass is 304 g/mol. The number of thioether (sulfide) groups is 1. The number of nitrogens with zero attached hydrogens (tertiary/aromatic N) is 1. The molecule has 112 valence electrons. The maximum atomic E-state index is 11.8. The van der Waals surface area contributed by atoms with E-state index in [1.165, 1.54) is 0 Å². The molecule has 2 heterocycles. The molecule has 1 saturated heterocycles. The average molecular weight is 304 g/mol. The smallest absolute Gasteiger partial charge is 0.230 e. The van der Waals surface area contributed by atoms with Crippen LogP contribution < -0.4 is 10.6 Å². The number of imidazole rings is 1. The molecule has 0 radical (unpaired) electrons. The summed E-state index contributed by atoms with van der Waals surface area (Å²) < 4.78 is 0. The van der Waals surface area contributed by atoms with E-state index in [0.29, 0.717) is 11.7 Å². The van der Waals surface area contributed by atoms with E-state index < -0.39 is 0 Å². The number of nitrogens with one attached hydrogen (secondary N) is 3. The Morgan fingerprint density at radius 3 is 3.00 bits per heavy atom. The highest BCUT2D eigenvalue weighted by Crippen LogP contribution is 2.27. The Morgan fingerprint density at radius 1 is 1.48 bits per heavy atom. The van der Waals surface area contributed by atoms with Crippen LogP contribution in [0.25, 0.3) is 11.0 Å². The van der Waals surface area contributed by atoms with E-state index in [1.54, 1.807) is 11.8 Å². The zero-order valence-electron chi connectivity index (χ0n) is 12.1. The molecule has 6 heteroatoms. The number of hydrogen-bond donors (Lipinski definition) is 3. The highest BCUT2D eigenvalue weighted by atomic mass is 32.2. The summed E-state index contributed by atoms with van der Waals surface area (Å²) in [5.74, 6) is 2.11. The summed E-state index contributed by atoms with van der Waals surface area (Å²) in [4.78, 5) is 19.7. The predicted molar refractivity (Wildman–Crippen MR) is 86.3 cm³/mol. The Labute approximate surface area is 128 Å². The van der Waals surface area contributed by atoms with Crippen molar-refractivity contribution in [1.29, 1.82) is 0 Å². The number of benzene rings is 1. The number of fused-ring (bicyclic) bond motifs is 1. The number of aromatic nitrogens is 2. The fraction of sp³-hybridized carbons (Fsp3) is 0.467. The number of carbonyl (C=O) groups is 1. The van der Waals surface area contributed by atoms with E-state index in [4.69, 9.17) is 0 Å². The van der Waals surface area contributed by atoms with Gasteiger partial charge >= 0.3 is 0 Å². The van der Waals surface area contributed by atoms with Gasteiger partial charge in [-0.25, -0.2) is 4.98 Å². The Balaban J connectivity index is 1.48. The van der Waals surface area contributed by atoms with Crippen molar-refractivity contribution in [2.24, 2.45) is 5.92 Å². The van der Waals surface area contributed by atoms with Crippen molar-refractivity contribution in [3.63, 3.8) is 0 Å². The number of para-hydroxylation sites is 2. The number of carbonyl (C=O) groups excluding carboxylic acids is 1. The van der Waals surface area contributed by atoms with Crippen LogP contribution >= 0.6 is 11.8 Å². The van der Waals surface area contributed by atoms with Gasteiger partial charge < -0.3 is 15.6 Å². The lowest BCUT2D eigenvalue weighted by Gasteiger charge is -2.27. The highest BCUT2D eigenvalue weighted by molar-refractivity contribution is 8.00. The summed E-state index contributed by atoms with van der Waals surface area (Å²) in [5, 5.41) is 6.36. The van der Waals surface area contributed by atoms with Crippen molar-refractivity contribution in [2.75, 3.05) is 25.4 Å². The van der Waals surface area contributed by atoms with E-state index in [9.17, 15) is 4.79 Å². The first kappa shape index (κ1) is 14.4. The lowest BCUT2D eigenvalue weighted by Crippen LogP contribution is -2.48. The average Bonchev–Trinajstić information content (AvgIpc) is 2.87. The van der Waals surface area contributed by atoms with Gasteiger partial charge in [-0.3, -0.25) is 4.79 Å². The van der Waals surface area contributed by atoms with Gasteiger partial charge in [-0.2, -0.15) is 0 Å². The molecular weight excluding hydrogens is 284 g/mol. The van der Waals surface area contributed by atoms with Gasteiger partial charge in [0.15, 0.2) is 0 Å².